The van der Waals surface area contributed by atoms with Gasteiger partial charge in [-0.05, 0) is 43.4 Å². The van der Waals surface area contributed by atoms with Crippen molar-refractivity contribution in [2.45, 2.75) is 25.7 Å². The van der Waals surface area contributed by atoms with E-state index in [4.69, 9.17) is 11.6 Å². The number of carbonyl (C=O) groups excluding carboxylic acids is 1. The van der Waals surface area contributed by atoms with Gasteiger partial charge in [-0.15, -0.1) is 11.3 Å². The lowest BCUT2D eigenvalue weighted by Gasteiger charge is -2.09. The number of hydrogen-bond acceptors (Lipinski definition) is 6. The molecule has 0 spiro atoms. The first-order valence-corrected chi connectivity index (χ1v) is 9.55. The smallest absolute Gasteiger partial charge is 0.270 e. The van der Waals surface area contributed by atoms with Crippen LogP contribution in [0.4, 0.5) is 10.7 Å². The van der Waals surface area contributed by atoms with E-state index in [0.29, 0.717) is 10.6 Å². The van der Waals surface area contributed by atoms with Gasteiger partial charge in [0.15, 0.2) is 0 Å². The van der Waals surface area contributed by atoms with Crippen LogP contribution in [0.3, 0.4) is 0 Å². The highest BCUT2D eigenvalue weighted by molar-refractivity contribution is 7.16. The lowest BCUT2D eigenvalue weighted by atomic mass is 9.96. The summed E-state index contributed by atoms with van der Waals surface area (Å²) in [6, 6.07) is 7.69. The number of thiophene rings is 1. The van der Waals surface area contributed by atoms with E-state index < -0.39 is 10.8 Å². The largest absolute Gasteiger partial charge is 0.312 e. The number of hydrogen-bond donors (Lipinski definition) is 1. The third-order valence-electron chi connectivity index (χ3n) is 4.37. The lowest BCUT2D eigenvalue weighted by molar-refractivity contribution is -0.384. The molecule has 1 aromatic carbocycles. The van der Waals surface area contributed by atoms with Crippen LogP contribution >= 0.6 is 22.9 Å². The summed E-state index contributed by atoms with van der Waals surface area (Å²) in [5.41, 5.74) is 1.13. The Kier molecular flexibility index (Phi) is 5.74. The van der Waals surface area contributed by atoms with Crippen molar-refractivity contribution in [2.24, 2.45) is 0 Å². The predicted octanol–water partition coefficient (Wildman–Crippen LogP) is 4.61. The van der Waals surface area contributed by atoms with E-state index in [-0.39, 0.29) is 21.8 Å². The van der Waals surface area contributed by atoms with Crippen molar-refractivity contribution in [1.82, 2.24) is 0 Å². The van der Waals surface area contributed by atoms with Crippen LogP contribution in [0, 0.1) is 32.8 Å². The number of carbonyl (C=O) groups is 1. The van der Waals surface area contributed by atoms with Crippen LogP contribution in [-0.4, -0.2) is 10.8 Å². The van der Waals surface area contributed by atoms with Crippen molar-refractivity contribution in [3.05, 3.63) is 60.5 Å². The molecule has 2 aromatic rings. The molecule has 1 aliphatic rings. The number of nitro benzene ring substituents is 1. The summed E-state index contributed by atoms with van der Waals surface area (Å²) in [4.78, 5) is 24.0. The standard InChI is InChI=1S/C19H13ClN4O3S/c20-16-6-5-13(24(26)27)8-11(16)7-12(9-21)18(25)23-19-15(10-22)14-3-1-2-4-17(14)28-19/h5-8H,1-4H2,(H,23,25). The molecule has 3 rings (SSSR count). The predicted molar refractivity (Wildman–Crippen MR) is 106 cm³/mol. The molecule has 1 amide bonds. The number of aryl methyl sites for hydroxylation is 1. The molecule has 7 nitrogen and oxygen atoms in total. The number of rotatable bonds is 4. The summed E-state index contributed by atoms with van der Waals surface area (Å²) in [6.45, 7) is 0. The molecule has 1 heterocycles. The van der Waals surface area contributed by atoms with Gasteiger partial charge in [0.1, 0.15) is 22.7 Å². The first-order valence-electron chi connectivity index (χ1n) is 8.36. The summed E-state index contributed by atoms with van der Waals surface area (Å²) in [6.07, 6.45) is 4.91. The molecule has 28 heavy (non-hydrogen) atoms. The van der Waals surface area contributed by atoms with E-state index in [9.17, 15) is 25.4 Å². The number of nitrogens with one attached hydrogen (secondary N) is 1. The van der Waals surface area contributed by atoms with E-state index in [1.807, 2.05) is 0 Å². The van der Waals surface area contributed by atoms with Crippen molar-refractivity contribution >= 4 is 45.6 Å². The third kappa shape index (κ3) is 3.89. The van der Waals surface area contributed by atoms with E-state index >= 15 is 0 Å². The summed E-state index contributed by atoms with van der Waals surface area (Å²) < 4.78 is 0. The van der Waals surface area contributed by atoms with Gasteiger partial charge in [-0.25, -0.2) is 0 Å². The van der Waals surface area contributed by atoms with Crippen LogP contribution in [0.2, 0.25) is 5.02 Å². The number of anilines is 1. The van der Waals surface area contributed by atoms with Gasteiger partial charge < -0.3 is 5.32 Å². The topological polar surface area (TPSA) is 120 Å². The van der Waals surface area contributed by atoms with Crippen molar-refractivity contribution in [3.8, 4) is 12.1 Å². The number of fused-ring (bicyclic) bond motifs is 1. The average molecular weight is 413 g/mol. The van der Waals surface area contributed by atoms with Gasteiger partial charge in [-0.2, -0.15) is 10.5 Å². The molecule has 1 aromatic heterocycles. The van der Waals surface area contributed by atoms with Gasteiger partial charge in [0.05, 0.1) is 10.5 Å². The van der Waals surface area contributed by atoms with Gasteiger partial charge in [-0.1, -0.05) is 11.6 Å². The Morgan fingerprint density at radius 2 is 2.07 bits per heavy atom. The molecule has 0 atom stereocenters. The molecule has 1 N–H and O–H groups in total. The van der Waals surface area contributed by atoms with Gasteiger partial charge >= 0.3 is 0 Å². The molecule has 0 unspecified atom stereocenters. The summed E-state index contributed by atoms with van der Waals surface area (Å²) >= 11 is 7.39. The summed E-state index contributed by atoms with van der Waals surface area (Å²) in [7, 11) is 0. The lowest BCUT2D eigenvalue weighted by Crippen LogP contribution is -2.13. The van der Waals surface area contributed by atoms with E-state index in [1.165, 1.54) is 35.6 Å². The molecule has 1 aliphatic carbocycles. The van der Waals surface area contributed by atoms with Crippen molar-refractivity contribution < 1.29 is 9.72 Å². The first-order chi connectivity index (χ1) is 13.4. The SMILES string of the molecule is N#CC(=Cc1cc([N+](=O)[O-])ccc1Cl)C(=O)Nc1sc2c(c1C#N)CCCC2. The highest BCUT2D eigenvalue weighted by Crippen LogP contribution is 2.37. The number of non-ortho nitro benzene ring substituents is 1. The first kappa shape index (κ1) is 19.6. The van der Waals surface area contributed by atoms with Gasteiger partial charge in [0, 0.05) is 27.6 Å². The Bertz CT molecular complexity index is 1090. The molecule has 0 saturated carbocycles. The monoisotopic (exact) mass is 412 g/mol. The minimum absolute atomic E-state index is 0.176. The molecule has 0 bridgehead atoms. The fourth-order valence-electron chi connectivity index (χ4n) is 3.00. The van der Waals surface area contributed by atoms with Crippen LogP contribution < -0.4 is 5.32 Å². The normalized spacial score (nSPS) is 13.2. The Morgan fingerprint density at radius 1 is 1.32 bits per heavy atom. The van der Waals surface area contributed by atoms with Crippen molar-refractivity contribution in [2.75, 3.05) is 5.32 Å². The second kappa shape index (κ2) is 8.22. The molecule has 0 radical (unpaired) electrons. The molecular weight excluding hydrogens is 400 g/mol. The van der Waals surface area contributed by atoms with Gasteiger partial charge in [0.2, 0.25) is 0 Å². The van der Waals surface area contributed by atoms with Crippen LogP contribution in [0.5, 0.6) is 0 Å². The number of amides is 1. The third-order valence-corrected chi connectivity index (χ3v) is 5.92. The number of nitro groups is 1. The van der Waals surface area contributed by atoms with Crippen LogP contribution in [0.1, 0.15) is 34.4 Å². The summed E-state index contributed by atoms with van der Waals surface area (Å²) in [5, 5.41) is 33.0. The fraction of sp³-hybridized carbons (Fsp3) is 0.211. The maximum absolute atomic E-state index is 12.6. The van der Waals surface area contributed by atoms with Gasteiger partial charge in [0.25, 0.3) is 11.6 Å². The Morgan fingerprint density at radius 3 is 2.75 bits per heavy atom. The Hall–Kier alpha value is -3.20. The van der Waals surface area contributed by atoms with E-state index in [1.54, 1.807) is 6.07 Å². The zero-order chi connectivity index (χ0) is 20.3. The molecule has 0 aliphatic heterocycles. The highest BCUT2D eigenvalue weighted by Gasteiger charge is 2.23. The second-order valence-electron chi connectivity index (χ2n) is 6.11. The van der Waals surface area contributed by atoms with Crippen LogP contribution in [0.15, 0.2) is 23.8 Å². The Balaban J connectivity index is 1.92. The van der Waals surface area contributed by atoms with Gasteiger partial charge in [-0.3, -0.25) is 14.9 Å². The number of nitriles is 2. The molecule has 0 saturated heterocycles. The summed E-state index contributed by atoms with van der Waals surface area (Å²) in [5.74, 6) is -0.694. The maximum atomic E-state index is 12.6. The minimum atomic E-state index is -0.694. The zero-order valence-corrected chi connectivity index (χ0v) is 16.1. The Labute approximate surface area is 169 Å². The minimum Gasteiger partial charge on any atom is -0.312 e. The second-order valence-corrected chi connectivity index (χ2v) is 7.63. The van der Waals surface area contributed by atoms with E-state index in [0.717, 1.165) is 36.1 Å². The molecule has 140 valence electrons. The van der Waals surface area contributed by atoms with E-state index in [2.05, 4.69) is 11.4 Å². The van der Waals surface area contributed by atoms with Crippen LogP contribution in [-0.2, 0) is 17.6 Å². The maximum Gasteiger partial charge on any atom is 0.270 e. The molecule has 0 fully saturated rings. The quantitative estimate of drug-likeness (QED) is 0.340. The molecular formula is C19H13ClN4O3S. The fourth-order valence-corrected chi connectivity index (χ4v) is 4.41. The number of benzene rings is 1. The zero-order valence-electron chi connectivity index (χ0n) is 14.5. The number of halogens is 1. The molecule has 9 heteroatoms. The van der Waals surface area contributed by atoms with Crippen LogP contribution in [0.25, 0.3) is 6.08 Å². The highest BCUT2D eigenvalue weighted by atomic mass is 35.5. The van der Waals surface area contributed by atoms with Crippen molar-refractivity contribution in [3.63, 3.8) is 0 Å². The number of nitrogens with zero attached hydrogens (tertiary/aromatic N) is 3. The van der Waals surface area contributed by atoms with Crippen molar-refractivity contribution in [1.29, 1.82) is 10.5 Å². The average Bonchev–Trinajstić information content (AvgIpc) is 3.03.